The summed E-state index contributed by atoms with van der Waals surface area (Å²) >= 11 is 0. The van der Waals surface area contributed by atoms with Gasteiger partial charge in [0.2, 0.25) is 5.91 Å². The number of carbonyl (C=O) groups excluding carboxylic acids is 1. The maximum Gasteiger partial charge on any atom is 0.224 e. The van der Waals surface area contributed by atoms with Gasteiger partial charge in [-0.2, -0.15) is 5.10 Å². The van der Waals surface area contributed by atoms with Gasteiger partial charge >= 0.3 is 0 Å². The Morgan fingerprint density at radius 3 is 2.93 bits per heavy atom. The third-order valence-electron chi connectivity index (χ3n) is 2.88. The lowest BCUT2D eigenvalue weighted by Gasteiger charge is -2.24. The number of hydrogen-bond acceptors (Lipinski definition) is 3. The van der Waals surface area contributed by atoms with Crippen molar-refractivity contribution in [3.63, 3.8) is 0 Å². The van der Waals surface area contributed by atoms with Crippen LogP contribution < -0.4 is 5.73 Å². The van der Waals surface area contributed by atoms with E-state index >= 15 is 0 Å². The van der Waals surface area contributed by atoms with Crippen LogP contribution in [0.25, 0.3) is 0 Å². The van der Waals surface area contributed by atoms with Crippen molar-refractivity contribution in [3.05, 3.63) is 18.0 Å². The Hall–Kier alpha value is -1.36. The lowest BCUT2D eigenvalue weighted by molar-refractivity contribution is -0.128. The van der Waals surface area contributed by atoms with E-state index in [1.54, 1.807) is 10.9 Å². The van der Waals surface area contributed by atoms with Crippen molar-refractivity contribution in [1.82, 2.24) is 14.7 Å². The Balaban J connectivity index is 2.30. The zero-order chi connectivity index (χ0) is 11.0. The zero-order valence-electron chi connectivity index (χ0n) is 9.05. The quantitative estimate of drug-likeness (QED) is 0.746. The Bertz CT molecular complexity index is 373. The van der Waals surface area contributed by atoms with Crippen molar-refractivity contribution in [1.29, 1.82) is 0 Å². The van der Waals surface area contributed by atoms with E-state index in [0.29, 0.717) is 13.0 Å². The molecule has 2 N–H and O–H groups in total. The minimum absolute atomic E-state index is 0.00352. The summed E-state index contributed by atoms with van der Waals surface area (Å²) in [7, 11) is 1.86. The molecule has 1 aliphatic rings. The summed E-state index contributed by atoms with van der Waals surface area (Å²) in [6, 6.07) is -0.113. The van der Waals surface area contributed by atoms with Gasteiger partial charge in [0.05, 0.1) is 12.2 Å². The molecule has 5 nitrogen and oxygen atoms in total. The van der Waals surface area contributed by atoms with Crippen molar-refractivity contribution >= 4 is 5.91 Å². The predicted molar refractivity (Wildman–Crippen MR) is 55.9 cm³/mol. The van der Waals surface area contributed by atoms with E-state index in [1.807, 2.05) is 25.1 Å². The second-order valence-electron chi connectivity index (χ2n) is 3.94. The summed E-state index contributed by atoms with van der Waals surface area (Å²) in [4.78, 5) is 13.4. The molecule has 2 heterocycles. The highest BCUT2D eigenvalue weighted by Crippen LogP contribution is 2.31. The van der Waals surface area contributed by atoms with Crippen molar-refractivity contribution in [3.8, 4) is 0 Å². The molecule has 1 fully saturated rings. The number of likely N-dealkylation sites (N-methyl/N-ethyl adjacent to an activating group) is 1. The molecule has 2 rings (SSSR count). The van der Waals surface area contributed by atoms with Crippen LogP contribution in [-0.4, -0.2) is 33.2 Å². The van der Waals surface area contributed by atoms with Crippen LogP contribution in [0.2, 0.25) is 0 Å². The third-order valence-corrected chi connectivity index (χ3v) is 2.88. The van der Waals surface area contributed by atoms with E-state index in [0.717, 1.165) is 5.56 Å². The van der Waals surface area contributed by atoms with E-state index in [1.165, 1.54) is 0 Å². The standard InChI is InChI=1S/C10H16N4O/c1-3-14-9(15)4-8(11)10(14)7-5-12-13(2)6-7/h5-6,8,10H,3-4,11H2,1-2H3. The van der Waals surface area contributed by atoms with Crippen LogP contribution in [-0.2, 0) is 11.8 Å². The van der Waals surface area contributed by atoms with Gasteiger partial charge in [0.1, 0.15) is 0 Å². The lowest BCUT2D eigenvalue weighted by atomic mass is 10.0. The fourth-order valence-electron chi connectivity index (χ4n) is 2.21. The number of nitrogens with two attached hydrogens (primary N) is 1. The SMILES string of the molecule is CCN1C(=O)CC(N)C1c1cnn(C)c1. The molecule has 2 atom stereocenters. The molecule has 0 aliphatic carbocycles. The zero-order valence-corrected chi connectivity index (χ0v) is 9.05. The molecule has 82 valence electrons. The molecule has 0 bridgehead atoms. The van der Waals surface area contributed by atoms with Gasteiger partial charge in [-0.25, -0.2) is 0 Å². The van der Waals surface area contributed by atoms with Gasteiger partial charge in [0.15, 0.2) is 0 Å². The number of carbonyl (C=O) groups is 1. The van der Waals surface area contributed by atoms with Gasteiger partial charge in [0, 0.05) is 37.8 Å². The second kappa shape index (κ2) is 3.66. The fourth-order valence-corrected chi connectivity index (χ4v) is 2.21. The molecular formula is C10H16N4O. The number of nitrogens with zero attached hydrogens (tertiary/aromatic N) is 3. The largest absolute Gasteiger partial charge is 0.334 e. The first-order chi connectivity index (χ1) is 7.13. The van der Waals surface area contributed by atoms with Crippen LogP contribution in [0.5, 0.6) is 0 Å². The summed E-state index contributed by atoms with van der Waals surface area (Å²) in [6.07, 6.45) is 4.14. The van der Waals surface area contributed by atoms with Crippen molar-refractivity contribution < 1.29 is 4.79 Å². The third kappa shape index (κ3) is 1.63. The van der Waals surface area contributed by atoms with Crippen LogP contribution in [0.3, 0.4) is 0 Å². The lowest BCUT2D eigenvalue weighted by Crippen LogP contribution is -2.32. The maximum atomic E-state index is 11.6. The molecule has 0 radical (unpaired) electrons. The highest BCUT2D eigenvalue weighted by atomic mass is 16.2. The molecule has 0 aromatic carbocycles. The van der Waals surface area contributed by atoms with Crippen molar-refractivity contribution in [2.75, 3.05) is 6.54 Å². The van der Waals surface area contributed by atoms with Crippen LogP contribution in [0.15, 0.2) is 12.4 Å². The van der Waals surface area contributed by atoms with Crippen LogP contribution >= 0.6 is 0 Å². The topological polar surface area (TPSA) is 64.2 Å². The summed E-state index contributed by atoms with van der Waals surface area (Å²) in [6.45, 7) is 2.67. The predicted octanol–water partition coefficient (Wildman–Crippen LogP) is 0.0407. The van der Waals surface area contributed by atoms with Gasteiger partial charge in [-0.15, -0.1) is 0 Å². The first-order valence-corrected chi connectivity index (χ1v) is 5.17. The molecule has 2 unspecified atom stereocenters. The monoisotopic (exact) mass is 208 g/mol. The Morgan fingerprint density at radius 2 is 2.40 bits per heavy atom. The van der Waals surface area contributed by atoms with Crippen molar-refractivity contribution in [2.24, 2.45) is 12.8 Å². The summed E-state index contributed by atoms with van der Waals surface area (Å²) < 4.78 is 1.73. The number of amides is 1. The molecular weight excluding hydrogens is 192 g/mol. The Morgan fingerprint density at radius 1 is 1.67 bits per heavy atom. The second-order valence-corrected chi connectivity index (χ2v) is 3.94. The van der Waals surface area contributed by atoms with E-state index in [2.05, 4.69) is 5.10 Å². The molecule has 15 heavy (non-hydrogen) atoms. The Labute approximate surface area is 88.8 Å². The normalized spacial score (nSPS) is 26.3. The van der Waals surface area contributed by atoms with Crippen molar-refractivity contribution in [2.45, 2.75) is 25.4 Å². The molecule has 5 heteroatoms. The van der Waals surface area contributed by atoms with Crippen LogP contribution in [0.4, 0.5) is 0 Å². The average molecular weight is 208 g/mol. The highest BCUT2D eigenvalue weighted by molar-refractivity contribution is 5.80. The van der Waals surface area contributed by atoms with Gasteiger partial charge < -0.3 is 10.6 Å². The molecule has 1 aliphatic heterocycles. The molecule has 0 saturated carbocycles. The minimum atomic E-state index is -0.110. The smallest absolute Gasteiger partial charge is 0.224 e. The minimum Gasteiger partial charge on any atom is -0.334 e. The molecule has 1 amide bonds. The number of aromatic nitrogens is 2. The number of rotatable bonds is 2. The van der Waals surface area contributed by atoms with E-state index in [9.17, 15) is 4.79 Å². The summed E-state index contributed by atoms with van der Waals surface area (Å²) in [5.41, 5.74) is 7.00. The van der Waals surface area contributed by atoms with E-state index in [4.69, 9.17) is 5.73 Å². The molecule has 1 saturated heterocycles. The van der Waals surface area contributed by atoms with Gasteiger partial charge in [-0.05, 0) is 6.92 Å². The maximum absolute atomic E-state index is 11.6. The summed E-state index contributed by atoms with van der Waals surface area (Å²) in [5, 5.41) is 4.11. The molecule has 1 aromatic heterocycles. The first kappa shape index (κ1) is 10.2. The van der Waals surface area contributed by atoms with E-state index in [-0.39, 0.29) is 18.0 Å². The number of hydrogen-bond donors (Lipinski definition) is 1. The number of aryl methyl sites for hydroxylation is 1. The van der Waals surface area contributed by atoms with Gasteiger partial charge in [0.25, 0.3) is 0 Å². The highest BCUT2D eigenvalue weighted by Gasteiger charge is 2.38. The fraction of sp³-hybridized carbons (Fsp3) is 0.600. The summed E-state index contributed by atoms with van der Waals surface area (Å²) in [5.74, 6) is 0.138. The molecule has 1 aromatic rings. The average Bonchev–Trinajstić information content (AvgIpc) is 2.70. The van der Waals surface area contributed by atoms with Crippen LogP contribution in [0, 0.1) is 0 Å². The number of likely N-dealkylation sites (tertiary alicyclic amines) is 1. The first-order valence-electron chi connectivity index (χ1n) is 5.17. The Kier molecular flexibility index (Phi) is 2.48. The van der Waals surface area contributed by atoms with E-state index < -0.39 is 0 Å². The van der Waals surface area contributed by atoms with Gasteiger partial charge in [-0.3, -0.25) is 9.48 Å². The van der Waals surface area contributed by atoms with Gasteiger partial charge in [-0.1, -0.05) is 0 Å². The molecule has 0 spiro atoms. The van der Waals surface area contributed by atoms with Crippen LogP contribution in [0.1, 0.15) is 24.9 Å².